The van der Waals surface area contributed by atoms with Crippen molar-refractivity contribution < 1.29 is 113 Å². The molecular weight excluding hydrogens is 642 g/mol. The SMILES string of the molecule is O=P(O)(O)O[C@H]1[C@H](OP(=O)(O)OP(=O)(O)O)[C@@H](OP(=O)(O)OP(=O)(O)O)[C@@H](O)[C@@H](O)[C@@H]1OP(=O)(O)O. The van der Waals surface area contributed by atoms with Crippen LogP contribution in [0.4, 0.5) is 0 Å². The lowest BCUT2D eigenvalue weighted by Crippen LogP contribution is -2.65. The van der Waals surface area contributed by atoms with Crippen LogP contribution in [0.5, 0.6) is 0 Å². The van der Waals surface area contributed by atoms with Crippen LogP contribution in [0.1, 0.15) is 0 Å². The summed E-state index contributed by atoms with van der Waals surface area (Å²) in [6.07, 6.45) is -18.0. The molecule has 12 N–H and O–H groups in total. The van der Waals surface area contributed by atoms with Gasteiger partial charge in [-0.3, -0.25) is 18.1 Å². The van der Waals surface area contributed by atoms with Crippen LogP contribution in [0.25, 0.3) is 0 Å². The lowest BCUT2D eigenvalue weighted by molar-refractivity contribution is -0.208. The summed E-state index contributed by atoms with van der Waals surface area (Å²) in [5.41, 5.74) is 0. The van der Waals surface area contributed by atoms with E-state index in [1.807, 2.05) is 0 Å². The molecule has 0 spiro atoms. The predicted octanol–water partition coefficient (Wildman–Crippen LogP) is -3.13. The van der Waals surface area contributed by atoms with E-state index in [9.17, 15) is 47.4 Å². The quantitative estimate of drug-likeness (QED) is 0.0920. The van der Waals surface area contributed by atoms with Crippen LogP contribution < -0.4 is 0 Å². The molecule has 1 aliphatic rings. The van der Waals surface area contributed by atoms with Crippen molar-refractivity contribution in [1.29, 1.82) is 0 Å². The second kappa shape index (κ2) is 11.6. The molecule has 0 aromatic carbocycles. The van der Waals surface area contributed by atoms with Gasteiger partial charge in [0.1, 0.15) is 36.6 Å². The molecule has 24 nitrogen and oxygen atoms in total. The minimum absolute atomic E-state index is 2.88. The topological polar surface area (TPSA) is 401 Å². The third-order valence-electron chi connectivity index (χ3n) is 3.44. The van der Waals surface area contributed by atoms with Gasteiger partial charge in [0.2, 0.25) is 0 Å². The normalized spacial score (nSPS) is 32.0. The summed E-state index contributed by atoms with van der Waals surface area (Å²) in [5.74, 6) is 0. The number of hydrogen-bond acceptors (Lipinski definition) is 14. The minimum Gasteiger partial charge on any atom is -0.387 e. The van der Waals surface area contributed by atoms with Crippen LogP contribution in [0.2, 0.25) is 0 Å². The molecule has 36 heavy (non-hydrogen) atoms. The highest BCUT2D eigenvalue weighted by atomic mass is 31.3. The number of aliphatic hydroxyl groups excluding tert-OH is 2. The van der Waals surface area contributed by atoms with E-state index in [1.165, 1.54) is 0 Å². The molecule has 0 amide bonds. The highest BCUT2D eigenvalue weighted by molar-refractivity contribution is 7.61. The predicted molar refractivity (Wildman–Crippen MR) is 102 cm³/mol. The minimum atomic E-state index is -6.24. The number of aliphatic hydroxyl groups is 2. The smallest absolute Gasteiger partial charge is 0.387 e. The molecule has 0 bridgehead atoms. The molecule has 0 radical (unpaired) electrons. The maximum atomic E-state index is 12.0. The van der Waals surface area contributed by atoms with Crippen molar-refractivity contribution in [3.05, 3.63) is 0 Å². The molecule has 2 unspecified atom stereocenters. The lowest BCUT2D eigenvalue weighted by atomic mass is 9.85. The maximum absolute atomic E-state index is 12.0. The summed E-state index contributed by atoms with van der Waals surface area (Å²) in [6, 6.07) is 0. The van der Waals surface area contributed by atoms with Crippen molar-refractivity contribution in [2.45, 2.75) is 36.6 Å². The first-order valence-corrected chi connectivity index (χ1v) is 17.1. The second-order valence-corrected chi connectivity index (χ2v) is 14.3. The van der Waals surface area contributed by atoms with E-state index in [2.05, 4.69) is 26.7 Å². The van der Waals surface area contributed by atoms with Crippen LogP contribution in [0.3, 0.4) is 0 Å². The van der Waals surface area contributed by atoms with Gasteiger partial charge >= 0.3 is 46.9 Å². The Labute approximate surface area is 197 Å². The van der Waals surface area contributed by atoms with Crippen molar-refractivity contribution in [2.75, 3.05) is 0 Å². The summed E-state index contributed by atoms with van der Waals surface area (Å²) >= 11 is 0. The Bertz CT molecular complexity index is 1060. The second-order valence-electron chi connectivity index (χ2n) is 6.32. The lowest BCUT2D eigenvalue weighted by Gasteiger charge is -2.46. The average molecular weight is 660 g/mol. The first-order valence-electron chi connectivity index (χ1n) is 8.02. The van der Waals surface area contributed by atoms with E-state index >= 15 is 0 Å². The fourth-order valence-corrected chi connectivity index (χ4v) is 7.25. The largest absolute Gasteiger partial charge is 0.481 e. The third-order valence-corrected chi connectivity index (χ3v) is 8.85. The van der Waals surface area contributed by atoms with E-state index < -0.39 is 83.6 Å². The highest BCUT2D eigenvalue weighted by Gasteiger charge is 2.60. The Morgan fingerprint density at radius 1 is 0.389 bits per heavy atom. The van der Waals surface area contributed by atoms with Gasteiger partial charge in [0.25, 0.3) is 0 Å². The van der Waals surface area contributed by atoms with E-state index in [0.717, 1.165) is 0 Å². The molecule has 8 atom stereocenters. The molecule has 0 aromatic rings. The van der Waals surface area contributed by atoms with Crippen LogP contribution in [-0.4, -0.2) is 95.8 Å². The van der Waals surface area contributed by atoms with Crippen molar-refractivity contribution in [1.82, 2.24) is 0 Å². The Morgan fingerprint density at radius 2 is 0.639 bits per heavy atom. The van der Waals surface area contributed by atoms with E-state index in [-0.39, 0.29) is 0 Å². The van der Waals surface area contributed by atoms with Crippen molar-refractivity contribution in [2.24, 2.45) is 0 Å². The van der Waals surface area contributed by atoms with Crippen LogP contribution >= 0.6 is 46.9 Å². The monoisotopic (exact) mass is 660 g/mol. The molecule has 0 saturated heterocycles. The Hall–Kier alpha value is 0.660. The highest BCUT2D eigenvalue weighted by Crippen LogP contribution is 2.62. The summed E-state index contributed by atoms with van der Waals surface area (Å²) in [7, 11) is -36.0. The molecule has 1 fully saturated rings. The van der Waals surface area contributed by atoms with Crippen molar-refractivity contribution in [3.8, 4) is 0 Å². The summed E-state index contributed by atoms with van der Waals surface area (Å²) < 4.78 is 91.5. The average Bonchev–Trinajstić information content (AvgIpc) is 2.52. The zero-order valence-corrected chi connectivity index (χ0v) is 21.8. The molecule has 0 aromatic heterocycles. The van der Waals surface area contributed by atoms with Crippen molar-refractivity contribution >= 4 is 46.9 Å². The van der Waals surface area contributed by atoms with Gasteiger partial charge in [0.05, 0.1) is 0 Å². The van der Waals surface area contributed by atoms with E-state index in [4.69, 9.17) is 39.1 Å². The number of phosphoric acid groups is 6. The number of hydrogen-bond donors (Lipinski definition) is 12. The van der Waals surface area contributed by atoms with Gasteiger partial charge < -0.3 is 59.1 Å². The zero-order valence-electron chi connectivity index (χ0n) is 16.4. The number of phosphoric ester groups is 4. The van der Waals surface area contributed by atoms with Gasteiger partial charge in [-0.05, 0) is 0 Å². The van der Waals surface area contributed by atoms with Crippen LogP contribution in [-0.2, 0) is 54.1 Å². The standard InChI is InChI=1S/C6H18O24P6/c7-1-2(8)4(27-35(21,22)29-33(15,16)17)6(28-36(23,24)30-34(18,19)20)5(26-32(12,13)14)3(1)25-31(9,10)11/h1-8H,(H,21,22)(H,23,24)(H2,9,10,11)(H2,12,13,14)(H2,15,16,17)(H2,18,19,20)/t1-,2+,3+,4+,5-,6-/m1/s1. The molecule has 216 valence electrons. The van der Waals surface area contributed by atoms with Crippen LogP contribution in [0.15, 0.2) is 0 Å². The molecule has 30 heteroatoms. The summed E-state index contributed by atoms with van der Waals surface area (Å²) in [6.45, 7) is 0. The van der Waals surface area contributed by atoms with E-state index in [0.29, 0.717) is 0 Å². The van der Waals surface area contributed by atoms with Crippen LogP contribution in [0, 0.1) is 0 Å². The van der Waals surface area contributed by atoms with Gasteiger partial charge in [0.15, 0.2) is 0 Å². The van der Waals surface area contributed by atoms with Gasteiger partial charge in [-0.1, -0.05) is 0 Å². The fraction of sp³-hybridized carbons (Fsp3) is 1.00. The maximum Gasteiger partial charge on any atom is 0.481 e. The molecule has 0 aliphatic heterocycles. The van der Waals surface area contributed by atoms with Gasteiger partial charge in [-0.2, -0.15) is 8.62 Å². The molecular formula is C6H18O24P6. The Morgan fingerprint density at radius 3 is 0.944 bits per heavy atom. The third kappa shape index (κ3) is 12.2. The number of rotatable bonds is 12. The van der Waals surface area contributed by atoms with E-state index in [1.54, 1.807) is 0 Å². The fourth-order valence-electron chi connectivity index (χ4n) is 2.57. The molecule has 1 rings (SSSR count). The summed E-state index contributed by atoms with van der Waals surface area (Å²) in [4.78, 5) is 90.0. The first-order chi connectivity index (χ1) is 15.6. The Kier molecular flexibility index (Phi) is 11.2. The zero-order chi connectivity index (χ0) is 28.7. The molecule has 1 saturated carbocycles. The van der Waals surface area contributed by atoms with Gasteiger partial charge in [0, 0.05) is 0 Å². The summed E-state index contributed by atoms with van der Waals surface area (Å²) in [5, 5.41) is 20.3. The van der Waals surface area contributed by atoms with Gasteiger partial charge in [-0.25, -0.2) is 27.4 Å². The Balaban J connectivity index is 3.71. The first kappa shape index (κ1) is 34.7. The molecule has 0 heterocycles. The van der Waals surface area contributed by atoms with Crippen molar-refractivity contribution in [3.63, 3.8) is 0 Å². The molecule has 1 aliphatic carbocycles. The van der Waals surface area contributed by atoms with Gasteiger partial charge in [-0.15, -0.1) is 0 Å².